The molecule has 0 spiro atoms. The van der Waals surface area contributed by atoms with Crippen molar-refractivity contribution in [1.29, 1.82) is 0 Å². The Morgan fingerprint density at radius 3 is 1.64 bits per heavy atom. The number of carbonyl (C=O) groups excluding carboxylic acids is 2. The van der Waals surface area contributed by atoms with Crippen molar-refractivity contribution in [3.8, 4) is 0 Å². The van der Waals surface area contributed by atoms with Gasteiger partial charge in [0.1, 0.15) is 19.8 Å². The normalized spacial score (nSPS) is 15.3. The smallest absolute Gasteiger partial charge is 0.306 e. The Bertz CT molecular complexity index is 1510. The Kier molecular flexibility index (Phi) is 37.6. The molecule has 0 aliphatic carbocycles. The van der Waals surface area contributed by atoms with Gasteiger partial charge in [-0.05, 0) is 83.5 Å². The minimum absolute atomic E-state index is 0.0725. The quantitative estimate of drug-likeness (QED) is 0.0162. The zero-order valence-corrected chi connectivity index (χ0v) is 38.8. The fraction of sp³-hybridized carbons (Fsp3) is 0.520. The number of unbranched alkanes of at least 4 members (excludes halogenated alkanes) is 1. The average molecular weight is 868 g/mol. The van der Waals surface area contributed by atoms with Gasteiger partial charge >= 0.3 is 11.9 Å². The van der Waals surface area contributed by atoms with Crippen molar-refractivity contribution < 1.29 is 47.2 Å². The van der Waals surface area contributed by atoms with Gasteiger partial charge < -0.3 is 33.0 Å². The molecular formula is C50H78NO9P. The monoisotopic (exact) mass is 868 g/mol. The number of quaternary nitrogens is 1. The molecule has 3 atom stereocenters. The Hall–Kier alpha value is -3.89. The molecule has 0 aromatic heterocycles. The highest BCUT2D eigenvalue weighted by Crippen LogP contribution is 2.38. The van der Waals surface area contributed by atoms with Crippen molar-refractivity contribution >= 4 is 19.8 Å². The van der Waals surface area contributed by atoms with Crippen LogP contribution in [-0.2, 0) is 32.7 Å². The molecule has 1 N–H and O–H groups in total. The third-order valence-electron chi connectivity index (χ3n) is 8.26. The van der Waals surface area contributed by atoms with E-state index in [0.717, 1.165) is 51.4 Å². The van der Waals surface area contributed by atoms with Crippen LogP contribution in [0.15, 0.2) is 134 Å². The molecule has 0 radical (unpaired) electrons. The summed E-state index contributed by atoms with van der Waals surface area (Å²) >= 11 is 0. The second-order valence-corrected chi connectivity index (χ2v) is 16.6. The molecule has 0 aromatic rings. The molecule has 11 heteroatoms. The maximum Gasteiger partial charge on any atom is 0.306 e. The van der Waals surface area contributed by atoms with Crippen LogP contribution in [0.4, 0.5) is 0 Å². The standard InChI is InChI=1S/C50H78NO9P/c1-6-8-10-12-14-15-16-17-18-19-20-21-22-23-24-25-29-33-37-41-49(53)57-45-48(46-59-61(55,56)58-44-43-51(3,4)5)60-50(54)42-38-34-30-27-26-28-32-36-40-47(52)39-35-31-13-11-9-7-2/h8-11,14-15,17-18,20-21,23-24,27-33,35-36,40,47-48,52H,6-7,12-13,16,19,22,25-26,34,37-39,41-46H2,1-5H3/b10-8-,11-9-,15-14-,18-17-,21-20-,24-23-,30-27-,32-28-,33-29-,35-31-,40-36+/t47?,48-/m1/s1. The predicted molar refractivity (Wildman–Crippen MR) is 250 cm³/mol. The summed E-state index contributed by atoms with van der Waals surface area (Å²) in [7, 11) is 1.02. The highest BCUT2D eigenvalue weighted by atomic mass is 31.2. The van der Waals surface area contributed by atoms with Crippen LogP contribution in [0.3, 0.4) is 0 Å². The minimum atomic E-state index is -4.68. The van der Waals surface area contributed by atoms with Gasteiger partial charge in [-0.1, -0.05) is 148 Å². The average Bonchev–Trinajstić information content (AvgIpc) is 3.21. The molecule has 0 saturated heterocycles. The van der Waals surface area contributed by atoms with Gasteiger partial charge in [-0.15, -0.1) is 0 Å². The van der Waals surface area contributed by atoms with Gasteiger partial charge in [0.15, 0.2) is 6.10 Å². The Balaban J connectivity index is 4.67. The van der Waals surface area contributed by atoms with Crippen molar-refractivity contribution in [1.82, 2.24) is 0 Å². The highest BCUT2D eigenvalue weighted by molar-refractivity contribution is 7.45. The van der Waals surface area contributed by atoms with Crippen LogP contribution in [0, 0.1) is 0 Å². The fourth-order valence-electron chi connectivity index (χ4n) is 4.86. The topological polar surface area (TPSA) is 131 Å². The summed E-state index contributed by atoms with van der Waals surface area (Å²) in [5, 5.41) is 10.0. The van der Waals surface area contributed by atoms with Crippen molar-refractivity contribution in [2.75, 3.05) is 47.5 Å². The number of phosphoric acid groups is 1. The number of likely N-dealkylation sites (N-methyl/N-ethyl adjacent to an activating group) is 1. The van der Waals surface area contributed by atoms with Crippen LogP contribution in [0.5, 0.6) is 0 Å². The van der Waals surface area contributed by atoms with Crippen molar-refractivity contribution in [3.05, 3.63) is 134 Å². The van der Waals surface area contributed by atoms with Gasteiger partial charge in [-0.25, -0.2) is 0 Å². The first-order chi connectivity index (χ1) is 29.4. The molecule has 0 aliphatic heterocycles. The predicted octanol–water partition coefficient (Wildman–Crippen LogP) is 11.0. The van der Waals surface area contributed by atoms with Gasteiger partial charge in [-0.2, -0.15) is 0 Å². The van der Waals surface area contributed by atoms with E-state index in [0.29, 0.717) is 43.1 Å². The number of hydrogen-bond donors (Lipinski definition) is 1. The Morgan fingerprint density at radius 1 is 0.607 bits per heavy atom. The van der Waals surface area contributed by atoms with E-state index in [1.54, 1.807) is 6.08 Å². The molecular weight excluding hydrogens is 790 g/mol. The molecule has 0 fully saturated rings. The first kappa shape index (κ1) is 57.1. The molecule has 0 heterocycles. The molecule has 2 unspecified atom stereocenters. The van der Waals surface area contributed by atoms with Gasteiger partial charge in [-0.3, -0.25) is 14.2 Å². The summed E-state index contributed by atoms with van der Waals surface area (Å²) in [6, 6.07) is 0. The lowest BCUT2D eigenvalue weighted by atomic mass is 10.2. The summed E-state index contributed by atoms with van der Waals surface area (Å²) in [4.78, 5) is 37.5. The van der Waals surface area contributed by atoms with E-state index in [4.69, 9.17) is 18.5 Å². The number of allylic oxidation sites excluding steroid dienone is 20. The summed E-state index contributed by atoms with van der Waals surface area (Å²) in [6.07, 6.45) is 53.9. The lowest BCUT2D eigenvalue weighted by Gasteiger charge is -2.28. The van der Waals surface area contributed by atoms with E-state index in [2.05, 4.69) is 86.8 Å². The summed E-state index contributed by atoms with van der Waals surface area (Å²) < 4.78 is 33.7. The Labute approximate surface area is 369 Å². The summed E-state index contributed by atoms with van der Waals surface area (Å²) in [5.74, 6) is -1.06. The molecule has 0 amide bonds. The number of carbonyl (C=O) groups is 2. The lowest BCUT2D eigenvalue weighted by Crippen LogP contribution is -2.37. The molecule has 10 nitrogen and oxygen atoms in total. The summed E-state index contributed by atoms with van der Waals surface area (Å²) in [6.45, 7) is 3.70. The number of phosphoric ester groups is 1. The van der Waals surface area contributed by atoms with Crippen LogP contribution in [0.2, 0.25) is 0 Å². The van der Waals surface area contributed by atoms with Gasteiger partial charge in [0, 0.05) is 12.8 Å². The first-order valence-electron chi connectivity index (χ1n) is 22.0. The number of aliphatic hydroxyl groups excluding tert-OH is 1. The lowest BCUT2D eigenvalue weighted by molar-refractivity contribution is -0.870. The van der Waals surface area contributed by atoms with Crippen LogP contribution in [0.1, 0.15) is 110 Å². The van der Waals surface area contributed by atoms with Crippen molar-refractivity contribution in [2.24, 2.45) is 0 Å². The van der Waals surface area contributed by atoms with Gasteiger partial charge in [0.25, 0.3) is 7.82 Å². The largest absolute Gasteiger partial charge is 0.756 e. The number of ether oxygens (including phenoxy) is 2. The second-order valence-electron chi connectivity index (χ2n) is 15.1. The molecule has 0 rings (SSSR count). The number of esters is 2. The van der Waals surface area contributed by atoms with E-state index in [1.165, 1.54) is 0 Å². The molecule has 0 saturated carbocycles. The number of aliphatic hydroxyl groups is 1. The first-order valence-corrected chi connectivity index (χ1v) is 23.5. The zero-order valence-electron chi connectivity index (χ0n) is 37.9. The minimum Gasteiger partial charge on any atom is -0.756 e. The third kappa shape index (κ3) is 44.0. The highest BCUT2D eigenvalue weighted by Gasteiger charge is 2.21. The number of nitrogens with zero attached hydrogens (tertiary/aromatic N) is 1. The van der Waals surface area contributed by atoms with E-state index in [1.807, 2.05) is 75.8 Å². The van der Waals surface area contributed by atoms with E-state index in [-0.39, 0.29) is 26.1 Å². The number of hydrogen-bond acceptors (Lipinski definition) is 9. The van der Waals surface area contributed by atoms with Crippen molar-refractivity contribution in [2.45, 2.75) is 122 Å². The van der Waals surface area contributed by atoms with E-state index < -0.39 is 38.6 Å². The van der Waals surface area contributed by atoms with Gasteiger partial charge in [0.05, 0.1) is 33.9 Å². The molecule has 0 aromatic carbocycles. The summed E-state index contributed by atoms with van der Waals surface area (Å²) in [5.41, 5.74) is 0. The Morgan fingerprint density at radius 2 is 1.10 bits per heavy atom. The zero-order chi connectivity index (χ0) is 45.1. The van der Waals surface area contributed by atoms with Crippen LogP contribution < -0.4 is 4.89 Å². The van der Waals surface area contributed by atoms with Crippen LogP contribution >= 0.6 is 7.82 Å². The second kappa shape index (κ2) is 40.2. The van der Waals surface area contributed by atoms with Crippen molar-refractivity contribution in [3.63, 3.8) is 0 Å². The maximum absolute atomic E-state index is 12.7. The van der Waals surface area contributed by atoms with E-state index in [9.17, 15) is 24.2 Å². The molecule has 342 valence electrons. The fourth-order valence-corrected chi connectivity index (χ4v) is 5.58. The third-order valence-corrected chi connectivity index (χ3v) is 9.22. The van der Waals surface area contributed by atoms with E-state index >= 15 is 0 Å². The molecule has 61 heavy (non-hydrogen) atoms. The van der Waals surface area contributed by atoms with Crippen LogP contribution in [0.25, 0.3) is 0 Å². The SMILES string of the molecule is CC/C=C\C/C=C\C/C=C\C/C=C\C/C=C\C/C=C\CCC(=O)OC[C@H](COP(=O)([O-])OCC[N+](C)(C)C)OC(=O)CCC/C=C\C/C=C\C=C\C(O)C/C=C\C/C=C\CC. The molecule has 0 aliphatic rings. The molecule has 0 bridgehead atoms. The van der Waals surface area contributed by atoms with Crippen LogP contribution in [-0.4, -0.2) is 81.2 Å². The number of rotatable bonds is 37. The van der Waals surface area contributed by atoms with Gasteiger partial charge in [0.2, 0.25) is 0 Å². The maximum atomic E-state index is 12.7.